The molecule has 1 aromatic carbocycles. The summed E-state index contributed by atoms with van der Waals surface area (Å²) in [4.78, 5) is 4.17. The lowest BCUT2D eigenvalue weighted by Crippen LogP contribution is -2.29. The monoisotopic (exact) mass is 326 g/mol. The van der Waals surface area contributed by atoms with Gasteiger partial charge < -0.3 is 15.2 Å². The van der Waals surface area contributed by atoms with Crippen LogP contribution in [0.3, 0.4) is 0 Å². The molecule has 1 aromatic heterocycles. The van der Waals surface area contributed by atoms with Crippen LogP contribution in [0.1, 0.15) is 39.7 Å². The summed E-state index contributed by atoms with van der Waals surface area (Å²) >= 11 is 0. The predicted octanol–water partition coefficient (Wildman–Crippen LogP) is 4.13. The van der Waals surface area contributed by atoms with E-state index in [2.05, 4.69) is 37.9 Å². The van der Waals surface area contributed by atoms with Crippen molar-refractivity contribution in [2.45, 2.75) is 45.8 Å². The number of nitrogens with zero attached hydrogens (tertiary/aromatic N) is 1. The first-order valence-corrected chi connectivity index (χ1v) is 8.53. The van der Waals surface area contributed by atoms with Crippen molar-refractivity contribution in [3.05, 3.63) is 42.2 Å². The Bertz CT molecular complexity index is 725. The molecule has 1 aliphatic heterocycles. The summed E-state index contributed by atoms with van der Waals surface area (Å²) in [6.45, 7) is 9.01. The van der Waals surface area contributed by atoms with Gasteiger partial charge in [-0.1, -0.05) is 13.0 Å². The fourth-order valence-corrected chi connectivity index (χ4v) is 3.30. The van der Waals surface area contributed by atoms with E-state index >= 15 is 0 Å². The smallest absolute Gasteiger partial charge is 0.146 e. The Kier molecular flexibility index (Phi) is 4.50. The van der Waals surface area contributed by atoms with Crippen LogP contribution in [0.15, 0.2) is 36.7 Å². The molecule has 0 aliphatic carbocycles. The molecule has 1 aliphatic rings. The van der Waals surface area contributed by atoms with Crippen LogP contribution >= 0.6 is 0 Å². The predicted molar refractivity (Wildman–Crippen MR) is 96.3 cm³/mol. The largest absolute Gasteiger partial charge is 0.493 e. The third-order valence-electron chi connectivity index (χ3n) is 4.39. The van der Waals surface area contributed by atoms with Gasteiger partial charge in [0, 0.05) is 23.4 Å². The number of hydrogen-bond donors (Lipinski definition) is 1. The van der Waals surface area contributed by atoms with E-state index < -0.39 is 5.60 Å². The number of pyridine rings is 1. The van der Waals surface area contributed by atoms with Crippen LogP contribution in [-0.2, 0) is 5.60 Å². The minimum absolute atomic E-state index is 0.199. The Morgan fingerprint density at radius 2 is 2.00 bits per heavy atom. The van der Waals surface area contributed by atoms with Gasteiger partial charge >= 0.3 is 0 Å². The van der Waals surface area contributed by atoms with Gasteiger partial charge in [-0.3, -0.25) is 4.98 Å². The quantitative estimate of drug-likeness (QED) is 0.897. The highest BCUT2D eigenvalue weighted by Gasteiger charge is 2.33. The molecule has 2 heterocycles. The Morgan fingerprint density at radius 3 is 2.75 bits per heavy atom. The molecule has 2 atom stereocenters. The lowest BCUT2D eigenvalue weighted by atomic mass is 9.86. The van der Waals surface area contributed by atoms with Gasteiger partial charge in [0.05, 0.1) is 12.8 Å². The van der Waals surface area contributed by atoms with Crippen LogP contribution in [0.25, 0.3) is 11.1 Å². The number of fused-ring (bicyclic) bond motifs is 3. The topological polar surface area (TPSA) is 57.4 Å². The molecule has 4 heteroatoms. The molecule has 2 unspecified atom stereocenters. The molecule has 4 nitrogen and oxygen atoms in total. The van der Waals surface area contributed by atoms with E-state index in [1.165, 1.54) is 5.56 Å². The third kappa shape index (κ3) is 3.39. The Balaban J connectivity index is 1.85. The van der Waals surface area contributed by atoms with Crippen LogP contribution in [0.4, 0.5) is 0 Å². The van der Waals surface area contributed by atoms with E-state index in [4.69, 9.17) is 15.2 Å². The molecule has 0 spiro atoms. The maximum Gasteiger partial charge on any atom is 0.146 e. The average Bonchev–Trinajstić information content (AvgIpc) is 2.52. The van der Waals surface area contributed by atoms with Gasteiger partial charge in [-0.05, 0) is 56.9 Å². The van der Waals surface area contributed by atoms with E-state index in [0.29, 0.717) is 12.5 Å². The molecule has 0 radical (unpaired) electrons. The van der Waals surface area contributed by atoms with Crippen molar-refractivity contribution in [1.29, 1.82) is 0 Å². The first kappa shape index (κ1) is 16.8. The van der Waals surface area contributed by atoms with Gasteiger partial charge in [0.15, 0.2) is 0 Å². The maximum absolute atomic E-state index is 6.14. The van der Waals surface area contributed by atoms with Gasteiger partial charge in [0.1, 0.15) is 17.1 Å². The summed E-state index contributed by atoms with van der Waals surface area (Å²) in [6, 6.07) is 8.43. The Hall–Kier alpha value is -2.07. The number of ether oxygens (including phenoxy) is 2. The molecule has 0 bridgehead atoms. The van der Waals surface area contributed by atoms with E-state index in [1.54, 1.807) is 12.4 Å². The molecule has 0 fully saturated rings. The highest BCUT2D eigenvalue weighted by Crippen LogP contribution is 2.45. The van der Waals surface area contributed by atoms with Crippen molar-refractivity contribution in [2.24, 2.45) is 11.7 Å². The van der Waals surface area contributed by atoms with E-state index in [1.807, 2.05) is 19.1 Å². The van der Waals surface area contributed by atoms with Crippen molar-refractivity contribution in [3.8, 4) is 22.6 Å². The molecule has 0 saturated heterocycles. The Labute approximate surface area is 144 Å². The molecule has 3 rings (SSSR count). The SMILES string of the molecule is CC(N)CC(C)COc1ccc2c(c1)C(C)(C)Oc1cnccc1-2. The minimum Gasteiger partial charge on any atom is -0.493 e. The lowest BCUT2D eigenvalue weighted by Gasteiger charge is -2.34. The zero-order valence-corrected chi connectivity index (χ0v) is 14.9. The van der Waals surface area contributed by atoms with E-state index in [9.17, 15) is 0 Å². The molecule has 2 aromatic rings. The van der Waals surface area contributed by atoms with Crippen molar-refractivity contribution in [2.75, 3.05) is 6.61 Å². The molecular formula is C20H26N2O2. The molecule has 128 valence electrons. The number of rotatable bonds is 5. The first-order chi connectivity index (χ1) is 11.4. The van der Waals surface area contributed by atoms with Gasteiger partial charge in [0.25, 0.3) is 0 Å². The van der Waals surface area contributed by atoms with Crippen molar-refractivity contribution < 1.29 is 9.47 Å². The van der Waals surface area contributed by atoms with Crippen LogP contribution in [-0.4, -0.2) is 17.6 Å². The number of aromatic nitrogens is 1. The fourth-order valence-electron chi connectivity index (χ4n) is 3.30. The van der Waals surface area contributed by atoms with Gasteiger partial charge in [-0.25, -0.2) is 0 Å². The van der Waals surface area contributed by atoms with Crippen LogP contribution < -0.4 is 15.2 Å². The second-order valence-corrected chi connectivity index (χ2v) is 7.32. The van der Waals surface area contributed by atoms with E-state index in [-0.39, 0.29) is 6.04 Å². The molecule has 24 heavy (non-hydrogen) atoms. The standard InChI is InChI=1S/C20H26N2O2/c1-13(9-14(2)21)12-23-15-5-6-16-17-7-8-22-11-19(17)24-20(3,4)18(16)10-15/h5-8,10-11,13-14H,9,12,21H2,1-4H3. The summed E-state index contributed by atoms with van der Waals surface area (Å²) in [5.41, 5.74) is 8.84. The molecule has 0 amide bonds. The first-order valence-electron chi connectivity index (χ1n) is 8.53. The fraction of sp³-hybridized carbons (Fsp3) is 0.450. The van der Waals surface area contributed by atoms with Crippen molar-refractivity contribution >= 4 is 0 Å². The average molecular weight is 326 g/mol. The van der Waals surface area contributed by atoms with E-state index in [0.717, 1.165) is 29.0 Å². The zero-order chi connectivity index (χ0) is 17.3. The summed E-state index contributed by atoms with van der Waals surface area (Å²) < 4.78 is 12.1. The Morgan fingerprint density at radius 1 is 1.21 bits per heavy atom. The van der Waals surface area contributed by atoms with Crippen molar-refractivity contribution in [1.82, 2.24) is 4.98 Å². The molecular weight excluding hydrogens is 300 g/mol. The highest BCUT2D eigenvalue weighted by atomic mass is 16.5. The number of hydrogen-bond acceptors (Lipinski definition) is 4. The summed E-state index contributed by atoms with van der Waals surface area (Å²) in [5, 5.41) is 0. The normalized spacial score (nSPS) is 17.2. The molecule has 0 saturated carbocycles. The minimum atomic E-state index is -0.415. The number of nitrogens with two attached hydrogens (primary N) is 1. The summed E-state index contributed by atoms with van der Waals surface area (Å²) in [5.74, 6) is 2.13. The van der Waals surface area contributed by atoms with Gasteiger partial charge in [-0.2, -0.15) is 0 Å². The molecule has 2 N–H and O–H groups in total. The lowest BCUT2D eigenvalue weighted by molar-refractivity contribution is 0.104. The van der Waals surface area contributed by atoms with Gasteiger partial charge in [0.2, 0.25) is 0 Å². The zero-order valence-electron chi connectivity index (χ0n) is 14.9. The van der Waals surface area contributed by atoms with Crippen molar-refractivity contribution in [3.63, 3.8) is 0 Å². The third-order valence-corrected chi connectivity index (χ3v) is 4.39. The van der Waals surface area contributed by atoms with Crippen LogP contribution in [0.5, 0.6) is 11.5 Å². The summed E-state index contributed by atoms with van der Waals surface area (Å²) in [6.07, 6.45) is 4.53. The van der Waals surface area contributed by atoms with Crippen LogP contribution in [0.2, 0.25) is 0 Å². The summed E-state index contributed by atoms with van der Waals surface area (Å²) in [7, 11) is 0. The van der Waals surface area contributed by atoms with Crippen LogP contribution in [0, 0.1) is 5.92 Å². The van der Waals surface area contributed by atoms with Gasteiger partial charge in [-0.15, -0.1) is 0 Å². The highest BCUT2D eigenvalue weighted by molar-refractivity contribution is 5.76. The maximum atomic E-state index is 6.14. The second kappa shape index (κ2) is 6.44. The second-order valence-electron chi connectivity index (χ2n) is 7.32. The number of benzene rings is 1.